The number of nitro benzene ring substituents is 2. The van der Waals surface area contributed by atoms with Gasteiger partial charge in [0.25, 0.3) is 11.2 Å². The molecule has 0 N–H and O–H groups in total. The van der Waals surface area contributed by atoms with E-state index in [4.69, 9.17) is 4.74 Å². The van der Waals surface area contributed by atoms with Gasteiger partial charge in [-0.05, 0) is 42.0 Å². The van der Waals surface area contributed by atoms with Gasteiger partial charge in [0.05, 0.1) is 31.5 Å². The predicted molar refractivity (Wildman–Crippen MR) is 122 cm³/mol. The van der Waals surface area contributed by atoms with Crippen molar-refractivity contribution >= 4 is 44.8 Å². The van der Waals surface area contributed by atoms with E-state index in [2.05, 4.69) is 4.98 Å². The van der Waals surface area contributed by atoms with Crippen molar-refractivity contribution < 1.29 is 14.6 Å². The zero-order valence-corrected chi connectivity index (χ0v) is 17.4. The molecule has 33 heavy (non-hydrogen) atoms. The monoisotopic (exact) mass is 460 g/mol. The Kier molecular flexibility index (Phi) is 4.79. The Morgan fingerprint density at radius 3 is 2.45 bits per heavy atom. The summed E-state index contributed by atoms with van der Waals surface area (Å²) >= 11 is 1.28. The van der Waals surface area contributed by atoms with Crippen molar-refractivity contribution in [3.63, 3.8) is 0 Å². The maximum absolute atomic E-state index is 12.9. The lowest BCUT2D eigenvalue weighted by atomic mass is 10.2. The van der Waals surface area contributed by atoms with Gasteiger partial charge in [0.1, 0.15) is 5.75 Å². The number of non-ortho nitro benzene ring substituents is 1. The fraction of sp³-hybridized carbons (Fsp3) is 0. The molecule has 0 spiro atoms. The van der Waals surface area contributed by atoms with Crippen LogP contribution in [0.15, 0.2) is 71.5 Å². The number of fused-ring (bicyclic) bond motifs is 3. The smallest absolute Gasteiger partial charge is 0.318 e. The number of imidazole rings is 1. The topological polar surface area (TPSA) is 130 Å². The van der Waals surface area contributed by atoms with E-state index in [1.54, 1.807) is 34.7 Å². The molecule has 0 aliphatic rings. The Morgan fingerprint density at radius 1 is 0.970 bits per heavy atom. The summed E-state index contributed by atoms with van der Waals surface area (Å²) in [6.07, 6.45) is 1.73. The van der Waals surface area contributed by atoms with E-state index in [1.807, 2.05) is 24.3 Å². The zero-order valence-electron chi connectivity index (χ0n) is 16.6. The van der Waals surface area contributed by atoms with E-state index in [0.29, 0.717) is 15.2 Å². The summed E-state index contributed by atoms with van der Waals surface area (Å²) in [5.74, 6) is 0.189. The first-order valence-corrected chi connectivity index (χ1v) is 10.3. The molecule has 0 atom stereocenters. The van der Waals surface area contributed by atoms with Crippen LogP contribution >= 0.6 is 11.3 Å². The molecule has 0 unspecified atom stereocenters. The summed E-state index contributed by atoms with van der Waals surface area (Å²) in [6, 6.07) is 17.2. The minimum atomic E-state index is -0.739. The normalized spacial score (nSPS) is 11.8. The molecule has 0 radical (unpaired) electrons. The quantitative estimate of drug-likeness (QED) is 0.285. The highest BCUT2D eigenvalue weighted by atomic mass is 32.1. The molecule has 2 aromatic heterocycles. The van der Waals surface area contributed by atoms with Gasteiger partial charge in [-0.2, -0.15) is 0 Å². The molecular weight excluding hydrogens is 448 g/mol. The van der Waals surface area contributed by atoms with Crippen molar-refractivity contribution in [1.82, 2.24) is 9.38 Å². The number of nitro groups is 2. The van der Waals surface area contributed by atoms with Crippen LogP contribution in [0.2, 0.25) is 0 Å². The van der Waals surface area contributed by atoms with Crippen LogP contribution in [-0.2, 0) is 0 Å². The number of para-hydroxylation sites is 2. The van der Waals surface area contributed by atoms with Crippen LogP contribution in [0.4, 0.5) is 11.4 Å². The van der Waals surface area contributed by atoms with Crippen LogP contribution in [0, 0.1) is 20.2 Å². The maximum atomic E-state index is 12.9. The second-order valence-corrected chi connectivity index (χ2v) is 7.98. The molecule has 162 valence electrons. The number of aromatic nitrogens is 2. The van der Waals surface area contributed by atoms with Crippen LogP contribution < -0.4 is 14.8 Å². The van der Waals surface area contributed by atoms with Crippen LogP contribution in [0.25, 0.3) is 22.1 Å². The first-order chi connectivity index (χ1) is 15.9. The zero-order chi connectivity index (χ0) is 23.1. The summed E-state index contributed by atoms with van der Waals surface area (Å²) in [4.78, 5) is 38.6. The number of benzene rings is 3. The number of hydrogen-bond acceptors (Lipinski definition) is 8. The molecule has 0 aliphatic heterocycles. The highest BCUT2D eigenvalue weighted by molar-refractivity contribution is 7.15. The van der Waals surface area contributed by atoms with Gasteiger partial charge in [-0.25, -0.2) is 9.38 Å². The Bertz CT molecular complexity index is 1670. The van der Waals surface area contributed by atoms with Crippen LogP contribution in [0.1, 0.15) is 5.56 Å². The maximum Gasteiger partial charge on any atom is 0.318 e. The molecule has 5 rings (SSSR count). The number of thiazole rings is 1. The third kappa shape index (κ3) is 3.66. The van der Waals surface area contributed by atoms with Crippen molar-refractivity contribution in [3.8, 4) is 11.5 Å². The highest BCUT2D eigenvalue weighted by Gasteiger charge is 2.21. The molecule has 0 fully saturated rings. The number of hydrogen-bond donors (Lipinski definition) is 0. The summed E-state index contributed by atoms with van der Waals surface area (Å²) < 4.78 is 7.66. The lowest BCUT2D eigenvalue weighted by Gasteiger charge is -2.06. The van der Waals surface area contributed by atoms with Crippen molar-refractivity contribution in [2.75, 3.05) is 0 Å². The van der Waals surface area contributed by atoms with Gasteiger partial charge >= 0.3 is 5.69 Å². The molecule has 3 aromatic carbocycles. The average Bonchev–Trinajstić information content (AvgIpc) is 3.31. The summed E-state index contributed by atoms with van der Waals surface area (Å²) in [6.45, 7) is 0. The molecule has 0 amide bonds. The third-order valence-corrected chi connectivity index (χ3v) is 5.87. The van der Waals surface area contributed by atoms with Crippen molar-refractivity contribution in [1.29, 1.82) is 0 Å². The van der Waals surface area contributed by atoms with Gasteiger partial charge in [0, 0.05) is 6.07 Å². The molecule has 11 heteroatoms. The van der Waals surface area contributed by atoms with Crippen molar-refractivity contribution in [2.45, 2.75) is 0 Å². The van der Waals surface area contributed by atoms with E-state index >= 15 is 0 Å². The lowest BCUT2D eigenvalue weighted by Crippen LogP contribution is -2.22. The first-order valence-electron chi connectivity index (χ1n) is 9.53. The number of nitrogens with zero attached hydrogens (tertiary/aromatic N) is 4. The summed E-state index contributed by atoms with van der Waals surface area (Å²) in [5, 5.41) is 22.1. The molecule has 0 aliphatic carbocycles. The molecule has 2 heterocycles. The van der Waals surface area contributed by atoms with Gasteiger partial charge in [0.15, 0.2) is 4.96 Å². The van der Waals surface area contributed by atoms with E-state index < -0.39 is 21.2 Å². The molecule has 0 saturated carbocycles. The predicted octanol–water partition coefficient (Wildman–Crippen LogP) is 4.07. The Morgan fingerprint density at radius 2 is 1.73 bits per heavy atom. The van der Waals surface area contributed by atoms with Crippen molar-refractivity contribution in [3.05, 3.63) is 107 Å². The summed E-state index contributed by atoms with van der Waals surface area (Å²) in [7, 11) is 0. The van der Waals surface area contributed by atoms with Gasteiger partial charge in [-0.15, -0.1) is 0 Å². The second kappa shape index (κ2) is 7.80. The SMILES string of the molecule is O=c1/c(=C/c2ccc(Oc3ccc([N+](=O)[O-])cc3[N+](=O)[O-])cc2)sc2nc3ccccc3n12. The largest absolute Gasteiger partial charge is 0.450 e. The third-order valence-electron chi connectivity index (χ3n) is 4.90. The van der Waals surface area contributed by atoms with Crippen LogP contribution in [-0.4, -0.2) is 19.2 Å². The highest BCUT2D eigenvalue weighted by Crippen LogP contribution is 2.34. The number of ether oxygens (including phenoxy) is 1. The fourth-order valence-electron chi connectivity index (χ4n) is 3.37. The van der Waals surface area contributed by atoms with Gasteiger partial charge < -0.3 is 4.74 Å². The number of rotatable bonds is 5. The van der Waals surface area contributed by atoms with Crippen LogP contribution in [0.3, 0.4) is 0 Å². The van der Waals surface area contributed by atoms with Gasteiger partial charge in [-0.3, -0.25) is 25.0 Å². The minimum absolute atomic E-state index is 0.115. The van der Waals surface area contributed by atoms with E-state index in [9.17, 15) is 25.0 Å². The molecular formula is C22H12N4O6S. The Balaban J connectivity index is 1.46. The Hall–Kier alpha value is -4.64. The molecule has 5 aromatic rings. The van der Waals surface area contributed by atoms with E-state index in [-0.39, 0.29) is 11.3 Å². The van der Waals surface area contributed by atoms with Gasteiger partial charge in [0.2, 0.25) is 5.75 Å². The summed E-state index contributed by atoms with van der Waals surface area (Å²) in [5.41, 5.74) is 1.17. The average molecular weight is 460 g/mol. The molecule has 0 bridgehead atoms. The fourth-order valence-corrected chi connectivity index (χ4v) is 4.36. The minimum Gasteiger partial charge on any atom is -0.450 e. The van der Waals surface area contributed by atoms with E-state index in [1.165, 1.54) is 17.4 Å². The first kappa shape index (κ1) is 20.3. The van der Waals surface area contributed by atoms with Crippen molar-refractivity contribution in [2.24, 2.45) is 0 Å². The van der Waals surface area contributed by atoms with Crippen LogP contribution in [0.5, 0.6) is 11.5 Å². The Labute approximate surface area is 187 Å². The van der Waals surface area contributed by atoms with E-state index in [0.717, 1.165) is 28.7 Å². The molecule has 0 saturated heterocycles. The molecule has 10 nitrogen and oxygen atoms in total. The van der Waals surface area contributed by atoms with Gasteiger partial charge in [-0.1, -0.05) is 35.6 Å². The standard InChI is InChI=1S/C22H12N4O6S/c27-21-20(33-22-23-16-3-1-2-4-17(16)24(21)22)11-13-5-8-15(9-6-13)32-19-10-7-14(25(28)29)12-18(19)26(30)31/h1-12H/b20-11-. The lowest BCUT2D eigenvalue weighted by molar-refractivity contribution is -0.394. The second-order valence-electron chi connectivity index (χ2n) is 6.97.